The van der Waals surface area contributed by atoms with E-state index in [0.29, 0.717) is 22.3 Å². The van der Waals surface area contributed by atoms with E-state index < -0.39 is 12.1 Å². The molecule has 0 aliphatic rings. The zero-order chi connectivity index (χ0) is 31.1. The van der Waals surface area contributed by atoms with Crippen molar-refractivity contribution in [3.05, 3.63) is 143 Å². The zero-order valence-corrected chi connectivity index (χ0v) is 23.9. The number of alkyl carbamates (subject to hydrolysis) is 1. The van der Waals surface area contributed by atoms with Crippen LogP contribution in [0.2, 0.25) is 0 Å². The molecule has 4 aromatic rings. The summed E-state index contributed by atoms with van der Waals surface area (Å²) in [4.78, 5) is 49.3. The number of esters is 1. The van der Waals surface area contributed by atoms with Gasteiger partial charge < -0.3 is 20.1 Å². The largest absolute Gasteiger partial charge is 0.461 e. The number of ether oxygens (including phenoxy) is 2. The van der Waals surface area contributed by atoms with Gasteiger partial charge in [0, 0.05) is 29.8 Å². The first kappa shape index (κ1) is 31.2. The van der Waals surface area contributed by atoms with Gasteiger partial charge in [0.15, 0.2) is 0 Å². The van der Waals surface area contributed by atoms with E-state index in [1.807, 2.05) is 60.7 Å². The molecular weight excluding hydrogens is 560 g/mol. The average Bonchev–Trinajstić information content (AvgIpc) is 3.06. The molecule has 10 nitrogen and oxygen atoms in total. The van der Waals surface area contributed by atoms with Gasteiger partial charge in [-0.25, -0.2) is 4.79 Å². The Bertz CT molecular complexity index is 1590. The summed E-state index contributed by atoms with van der Waals surface area (Å²) in [7, 11) is 0. The molecule has 0 spiro atoms. The van der Waals surface area contributed by atoms with Crippen molar-refractivity contribution in [2.45, 2.75) is 26.2 Å². The molecule has 0 atom stereocenters. The van der Waals surface area contributed by atoms with Gasteiger partial charge in [0.2, 0.25) is 0 Å². The SMILES string of the molecule is N=C(NC(=O)OCc1ccccc1)c1ccc(C(=O)NCc2cccc(C(=O)NCCC(=O)OCc3ccccc3)c2)cc1. The van der Waals surface area contributed by atoms with Crippen LogP contribution in [-0.2, 0) is 34.0 Å². The first-order valence-electron chi connectivity index (χ1n) is 13.9. The Labute approximate surface area is 254 Å². The monoisotopic (exact) mass is 592 g/mol. The van der Waals surface area contributed by atoms with Crippen LogP contribution in [0.4, 0.5) is 4.79 Å². The summed E-state index contributed by atoms with van der Waals surface area (Å²) in [6.45, 7) is 0.570. The molecule has 0 aliphatic heterocycles. The van der Waals surface area contributed by atoms with E-state index in [1.54, 1.807) is 48.5 Å². The van der Waals surface area contributed by atoms with E-state index >= 15 is 0 Å². The first-order valence-corrected chi connectivity index (χ1v) is 13.9. The summed E-state index contributed by atoms with van der Waals surface area (Å²) < 4.78 is 10.4. The summed E-state index contributed by atoms with van der Waals surface area (Å²) >= 11 is 0. The van der Waals surface area contributed by atoms with E-state index in [1.165, 1.54) is 0 Å². The number of amidine groups is 1. The summed E-state index contributed by atoms with van der Waals surface area (Å²) in [5, 5.41) is 16.0. The maximum atomic E-state index is 12.7. The predicted molar refractivity (Wildman–Crippen MR) is 164 cm³/mol. The van der Waals surface area contributed by atoms with Gasteiger partial charge in [0.25, 0.3) is 11.8 Å². The lowest BCUT2D eigenvalue weighted by Crippen LogP contribution is -2.31. The van der Waals surface area contributed by atoms with Crippen molar-refractivity contribution in [3.8, 4) is 0 Å². The molecule has 4 rings (SSSR count). The minimum absolute atomic E-state index is 0.0426. The summed E-state index contributed by atoms with van der Waals surface area (Å²) in [6, 6.07) is 31.5. The van der Waals surface area contributed by atoms with Crippen LogP contribution >= 0.6 is 0 Å². The van der Waals surface area contributed by atoms with Crippen LogP contribution < -0.4 is 16.0 Å². The normalized spacial score (nSPS) is 10.3. The topological polar surface area (TPSA) is 147 Å². The third kappa shape index (κ3) is 9.95. The quantitative estimate of drug-likeness (QED) is 0.106. The third-order valence-corrected chi connectivity index (χ3v) is 6.38. The van der Waals surface area contributed by atoms with E-state index in [0.717, 1.165) is 11.1 Å². The third-order valence-electron chi connectivity index (χ3n) is 6.38. The van der Waals surface area contributed by atoms with Crippen molar-refractivity contribution in [3.63, 3.8) is 0 Å². The Morgan fingerprint density at radius 2 is 1.16 bits per heavy atom. The van der Waals surface area contributed by atoms with Gasteiger partial charge in [0.1, 0.15) is 19.0 Å². The van der Waals surface area contributed by atoms with Crippen molar-refractivity contribution < 1.29 is 28.7 Å². The number of rotatable bonds is 12. The van der Waals surface area contributed by atoms with E-state index in [4.69, 9.17) is 14.9 Å². The molecule has 4 N–H and O–H groups in total. The minimum Gasteiger partial charge on any atom is -0.461 e. The van der Waals surface area contributed by atoms with E-state index in [9.17, 15) is 19.2 Å². The van der Waals surface area contributed by atoms with Gasteiger partial charge in [-0.1, -0.05) is 84.9 Å². The Kier molecular flexibility index (Phi) is 11.3. The highest BCUT2D eigenvalue weighted by atomic mass is 16.5. The van der Waals surface area contributed by atoms with Crippen molar-refractivity contribution in [1.29, 1.82) is 5.41 Å². The van der Waals surface area contributed by atoms with Gasteiger partial charge in [-0.3, -0.25) is 25.1 Å². The lowest BCUT2D eigenvalue weighted by atomic mass is 10.1. The first-order chi connectivity index (χ1) is 21.4. The fraction of sp³-hybridized carbons (Fsp3) is 0.147. The van der Waals surface area contributed by atoms with Crippen molar-refractivity contribution in [2.75, 3.05) is 6.54 Å². The number of hydrogen-bond acceptors (Lipinski definition) is 7. The van der Waals surface area contributed by atoms with Crippen LogP contribution in [0, 0.1) is 5.41 Å². The van der Waals surface area contributed by atoms with Crippen LogP contribution in [0.15, 0.2) is 109 Å². The van der Waals surface area contributed by atoms with Gasteiger partial charge in [-0.15, -0.1) is 0 Å². The molecule has 4 aromatic carbocycles. The van der Waals surface area contributed by atoms with Crippen LogP contribution in [-0.4, -0.2) is 36.3 Å². The Balaban J connectivity index is 1.18. The number of amides is 3. The van der Waals surface area contributed by atoms with E-state index in [-0.39, 0.29) is 50.4 Å². The molecule has 0 radical (unpaired) electrons. The van der Waals surface area contributed by atoms with Crippen LogP contribution in [0.25, 0.3) is 0 Å². The zero-order valence-electron chi connectivity index (χ0n) is 23.9. The minimum atomic E-state index is -0.752. The van der Waals surface area contributed by atoms with Crippen LogP contribution in [0.5, 0.6) is 0 Å². The highest BCUT2D eigenvalue weighted by Gasteiger charge is 2.12. The fourth-order valence-corrected chi connectivity index (χ4v) is 4.02. The number of benzene rings is 4. The standard InChI is InChI=1S/C34H32N4O6/c35-31(38-34(42)44-23-25-10-5-2-6-11-25)27-14-16-28(17-15-27)32(40)37-21-26-12-7-13-29(20-26)33(41)36-19-18-30(39)43-22-24-8-3-1-4-9-24/h1-17,20H,18-19,21-23H2,(H,36,41)(H,37,40)(H2,35,38,42). The Morgan fingerprint density at radius 3 is 1.82 bits per heavy atom. The summed E-state index contributed by atoms with van der Waals surface area (Å²) in [6.07, 6.45) is -0.709. The second-order valence-corrected chi connectivity index (χ2v) is 9.67. The number of nitrogens with one attached hydrogen (secondary N) is 4. The molecule has 0 aromatic heterocycles. The maximum absolute atomic E-state index is 12.7. The summed E-state index contributed by atoms with van der Waals surface area (Å²) in [5.74, 6) is -1.26. The predicted octanol–water partition coefficient (Wildman–Crippen LogP) is 4.73. The second-order valence-electron chi connectivity index (χ2n) is 9.67. The maximum Gasteiger partial charge on any atom is 0.413 e. The lowest BCUT2D eigenvalue weighted by molar-refractivity contribution is -0.144. The highest BCUT2D eigenvalue weighted by molar-refractivity contribution is 6.05. The Hall–Kier alpha value is -5.77. The molecule has 0 aliphatic carbocycles. The molecule has 10 heteroatoms. The second kappa shape index (κ2) is 16.0. The smallest absolute Gasteiger partial charge is 0.413 e. The Morgan fingerprint density at radius 1 is 0.591 bits per heavy atom. The molecule has 0 heterocycles. The molecule has 3 amide bonds. The van der Waals surface area contributed by atoms with Gasteiger partial charge in [-0.2, -0.15) is 0 Å². The van der Waals surface area contributed by atoms with Crippen LogP contribution in [0.1, 0.15) is 49.4 Å². The highest BCUT2D eigenvalue weighted by Crippen LogP contribution is 2.09. The lowest BCUT2D eigenvalue weighted by Gasteiger charge is -2.10. The van der Waals surface area contributed by atoms with Gasteiger partial charge in [0.05, 0.1) is 6.42 Å². The van der Waals surface area contributed by atoms with E-state index in [2.05, 4.69) is 16.0 Å². The molecule has 0 bridgehead atoms. The molecule has 0 saturated carbocycles. The van der Waals surface area contributed by atoms with Gasteiger partial charge >= 0.3 is 12.1 Å². The number of hydrogen-bond donors (Lipinski definition) is 4. The molecular formula is C34H32N4O6. The van der Waals surface area contributed by atoms with Crippen LogP contribution in [0.3, 0.4) is 0 Å². The fourth-order valence-electron chi connectivity index (χ4n) is 4.02. The molecule has 224 valence electrons. The molecule has 0 fully saturated rings. The van der Waals surface area contributed by atoms with Crippen molar-refractivity contribution in [1.82, 2.24) is 16.0 Å². The van der Waals surface area contributed by atoms with Crippen molar-refractivity contribution in [2.24, 2.45) is 0 Å². The molecule has 0 saturated heterocycles. The average molecular weight is 593 g/mol. The summed E-state index contributed by atoms with van der Waals surface area (Å²) in [5.41, 5.74) is 3.59. The van der Waals surface area contributed by atoms with Gasteiger partial charge in [-0.05, 0) is 41.0 Å². The number of carbonyl (C=O) groups is 4. The van der Waals surface area contributed by atoms with Crippen molar-refractivity contribution >= 4 is 29.7 Å². The molecule has 0 unspecified atom stereocenters. The molecule has 44 heavy (non-hydrogen) atoms. The number of carbonyl (C=O) groups excluding carboxylic acids is 4.